The second-order valence-electron chi connectivity index (χ2n) is 8.39. The lowest BCUT2D eigenvalue weighted by Crippen LogP contribution is -2.58. The first-order valence-electron chi connectivity index (χ1n) is 11.2. The molecule has 0 aliphatic carbocycles. The van der Waals surface area contributed by atoms with Crippen LogP contribution < -0.4 is 4.89 Å². The summed E-state index contributed by atoms with van der Waals surface area (Å²) in [6.07, 6.45) is -9.11. The van der Waals surface area contributed by atoms with Crippen LogP contribution in [0.25, 0.3) is 0 Å². The van der Waals surface area contributed by atoms with Gasteiger partial charge in [0.1, 0.15) is 12.4 Å². The summed E-state index contributed by atoms with van der Waals surface area (Å²) in [6, 6.07) is 4.34. The van der Waals surface area contributed by atoms with Gasteiger partial charge in [-0.1, -0.05) is 0 Å². The summed E-state index contributed by atoms with van der Waals surface area (Å²) in [5, 5.41) is 0. The molecule has 1 aromatic carbocycles. The molecule has 11 nitrogen and oxygen atoms in total. The normalized spacial score (nSPS) is 21.4. The van der Waals surface area contributed by atoms with Crippen LogP contribution >= 0.6 is 7.82 Å². The predicted molar refractivity (Wildman–Crippen MR) is 116 cm³/mol. The van der Waals surface area contributed by atoms with Gasteiger partial charge in [0.05, 0.1) is 23.7 Å². The number of halogens is 4. The fourth-order valence-corrected chi connectivity index (χ4v) is 6.12. The van der Waals surface area contributed by atoms with Gasteiger partial charge in [-0.05, 0) is 44.0 Å². The number of likely N-dealkylation sites (tertiary alicyclic amines) is 1. The van der Waals surface area contributed by atoms with Crippen molar-refractivity contribution in [1.29, 1.82) is 0 Å². The molecule has 0 radical (unpaired) electrons. The van der Waals surface area contributed by atoms with E-state index in [0.29, 0.717) is 0 Å². The molecule has 37 heavy (non-hydrogen) atoms. The van der Waals surface area contributed by atoms with Crippen LogP contribution in [0.3, 0.4) is 0 Å². The largest absolute Gasteiger partial charge is 0.756 e. The van der Waals surface area contributed by atoms with Crippen LogP contribution in [0.1, 0.15) is 19.8 Å². The molecule has 1 spiro atoms. The Kier molecular flexibility index (Phi) is 9.26. The number of phosphoric ester groups is 1. The van der Waals surface area contributed by atoms with E-state index in [0.717, 1.165) is 29.2 Å². The van der Waals surface area contributed by atoms with Gasteiger partial charge >= 0.3 is 12.3 Å². The van der Waals surface area contributed by atoms with Gasteiger partial charge in [0, 0.05) is 26.2 Å². The average molecular weight is 577 g/mol. The van der Waals surface area contributed by atoms with Crippen molar-refractivity contribution < 1.29 is 58.8 Å². The molecule has 0 N–H and O–H groups in total. The number of ether oxygens (including phenoxy) is 2. The molecule has 2 fully saturated rings. The molecule has 3 rings (SSSR count). The second kappa shape index (κ2) is 11.5. The van der Waals surface area contributed by atoms with Crippen LogP contribution in [-0.2, 0) is 33.1 Å². The fraction of sp³-hybridized carbons (Fsp3) is 0.650. The van der Waals surface area contributed by atoms with Crippen molar-refractivity contribution in [2.75, 3.05) is 46.0 Å². The van der Waals surface area contributed by atoms with Crippen molar-refractivity contribution in [3.8, 4) is 0 Å². The number of carbonyl (C=O) groups excluding carboxylic acids is 1. The molecule has 2 heterocycles. The number of sulfonamides is 1. The third kappa shape index (κ3) is 7.62. The lowest BCUT2D eigenvalue weighted by atomic mass is 9.90. The van der Waals surface area contributed by atoms with E-state index in [1.54, 1.807) is 0 Å². The fourth-order valence-electron chi connectivity index (χ4n) is 3.92. The molecule has 2 atom stereocenters. The van der Waals surface area contributed by atoms with Crippen molar-refractivity contribution in [1.82, 2.24) is 9.21 Å². The first kappa shape index (κ1) is 29.7. The highest BCUT2D eigenvalue weighted by atomic mass is 32.2. The number of nitrogens with zero attached hydrogens (tertiary/aromatic N) is 2. The number of carbonyl (C=O) groups is 1. The Bertz CT molecular complexity index is 1100. The summed E-state index contributed by atoms with van der Waals surface area (Å²) >= 11 is 0. The number of alkyl halides is 3. The first-order chi connectivity index (χ1) is 17.2. The lowest BCUT2D eigenvalue weighted by molar-refractivity contribution is -0.241. The Morgan fingerprint density at radius 3 is 2.38 bits per heavy atom. The maximum Gasteiger partial charge on any atom is 0.427 e. The van der Waals surface area contributed by atoms with Gasteiger partial charge in [-0.3, -0.25) is 4.57 Å². The molecule has 1 unspecified atom stereocenters. The van der Waals surface area contributed by atoms with Gasteiger partial charge in [-0.25, -0.2) is 17.6 Å². The molecule has 2 aliphatic heterocycles. The Balaban J connectivity index is 1.60. The topological polar surface area (TPSA) is 135 Å². The van der Waals surface area contributed by atoms with Crippen molar-refractivity contribution >= 4 is 23.9 Å². The maximum atomic E-state index is 13.3. The molecule has 0 bridgehead atoms. The molecule has 0 saturated carbocycles. The number of morpholine rings is 1. The SMILES string of the molecule is CCOP(=O)([O-])OC[C@@H](OC(=O)N1CCC2(CC1)CN(S(=O)(=O)c1ccc(F)cc1)CCO2)C(F)(F)F. The molecule has 2 aliphatic rings. The summed E-state index contributed by atoms with van der Waals surface area (Å²) in [5.41, 5.74) is -0.985. The monoisotopic (exact) mass is 577 g/mol. The van der Waals surface area contributed by atoms with Crippen LogP contribution in [0.5, 0.6) is 0 Å². The second-order valence-corrected chi connectivity index (χ2v) is 11.7. The van der Waals surface area contributed by atoms with Crippen molar-refractivity contribution in [2.24, 2.45) is 0 Å². The van der Waals surface area contributed by atoms with E-state index >= 15 is 0 Å². The summed E-state index contributed by atoms with van der Waals surface area (Å²) in [7, 11) is -8.96. The Labute approximate surface area is 210 Å². The van der Waals surface area contributed by atoms with Crippen LogP contribution in [0.15, 0.2) is 29.2 Å². The number of hydrogen-bond acceptors (Lipinski definition) is 9. The third-order valence-electron chi connectivity index (χ3n) is 5.88. The zero-order chi connectivity index (χ0) is 27.5. The number of piperidine rings is 1. The van der Waals surface area contributed by atoms with E-state index in [1.807, 2.05) is 0 Å². The minimum Gasteiger partial charge on any atom is -0.756 e. The maximum absolute atomic E-state index is 13.3. The number of hydrogen-bond donors (Lipinski definition) is 0. The van der Waals surface area contributed by atoms with Gasteiger partial charge in [-0.2, -0.15) is 17.5 Å². The molecule has 0 aromatic heterocycles. The summed E-state index contributed by atoms with van der Waals surface area (Å²) in [6.45, 7) is -0.734. The molecule has 2 saturated heterocycles. The van der Waals surface area contributed by atoms with Crippen LogP contribution in [0, 0.1) is 5.82 Å². The minimum atomic E-state index is -5.11. The molecule has 1 aromatic rings. The van der Waals surface area contributed by atoms with Gasteiger partial charge in [0.25, 0.3) is 7.82 Å². The summed E-state index contributed by atoms with van der Waals surface area (Å²) < 4.78 is 110. The zero-order valence-corrected chi connectivity index (χ0v) is 21.4. The third-order valence-corrected chi connectivity index (χ3v) is 8.78. The van der Waals surface area contributed by atoms with E-state index in [1.165, 1.54) is 11.2 Å². The van der Waals surface area contributed by atoms with Crippen LogP contribution in [0.4, 0.5) is 22.4 Å². The molecule has 210 valence electrons. The van der Waals surface area contributed by atoms with E-state index in [-0.39, 0.29) is 57.1 Å². The Morgan fingerprint density at radius 1 is 1.19 bits per heavy atom. The highest BCUT2D eigenvalue weighted by Gasteiger charge is 2.47. The number of rotatable bonds is 8. The molecular weight excluding hydrogens is 551 g/mol. The highest BCUT2D eigenvalue weighted by Crippen LogP contribution is 2.40. The van der Waals surface area contributed by atoms with Crippen molar-refractivity contribution in [2.45, 2.75) is 42.5 Å². The highest BCUT2D eigenvalue weighted by molar-refractivity contribution is 7.89. The van der Waals surface area contributed by atoms with Gasteiger partial charge in [0.15, 0.2) is 0 Å². The van der Waals surface area contributed by atoms with Gasteiger partial charge in [-0.15, -0.1) is 0 Å². The zero-order valence-electron chi connectivity index (χ0n) is 19.7. The Morgan fingerprint density at radius 2 is 1.81 bits per heavy atom. The molecular formula is C20H26F4N2O9PS-. The summed E-state index contributed by atoms with van der Waals surface area (Å²) in [4.78, 5) is 24.7. The van der Waals surface area contributed by atoms with Crippen molar-refractivity contribution in [3.05, 3.63) is 30.1 Å². The van der Waals surface area contributed by atoms with E-state index in [4.69, 9.17) is 4.74 Å². The van der Waals surface area contributed by atoms with E-state index in [9.17, 15) is 40.2 Å². The van der Waals surface area contributed by atoms with E-state index in [2.05, 4.69) is 13.8 Å². The quantitative estimate of drug-likeness (QED) is 0.337. The standard InChI is InChI=1S/C20H27F4N2O9PS/c1-2-33-36(28,29)34-13-17(20(22,23)24)35-18(27)25-9-7-19(8-10-25)14-26(11-12-32-19)37(30,31)16-5-3-15(21)4-6-16/h3-6,17H,2,7-14H2,1H3,(H,28,29)/p-1/t17-/m1/s1. The minimum absolute atomic E-state index is 0.0474. The average Bonchev–Trinajstić information content (AvgIpc) is 2.81. The number of phosphoric acid groups is 1. The number of benzene rings is 1. The Hall–Kier alpha value is -1.81. The van der Waals surface area contributed by atoms with Gasteiger partial charge < -0.3 is 28.3 Å². The molecule has 1 amide bonds. The smallest absolute Gasteiger partial charge is 0.427 e. The van der Waals surface area contributed by atoms with E-state index < -0.39 is 54.2 Å². The molecule has 17 heteroatoms. The van der Waals surface area contributed by atoms with Crippen LogP contribution in [0.2, 0.25) is 0 Å². The van der Waals surface area contributed by atoms with Gasteiger partial charge in [0.2, 0.25) is 16.1 Å². The lowest BCUT2D eigenvalue weighted by Gasteiger charge is -2.46. The van der Waals surface area contributed by atoms with Crippen LogP contribution in [-0.4, -0.2) is 87.6 Å². The summed E-state index contributed by atoms with van der Waals surface area (Å²) in [5.74, 6) is -0.590. The first-order valence-corrected chi connectivity index (χ1v) is 14.1. The number of amides is 1. The predicted octanol–water partition coefficient (Wildman–Crippen LogP) is 2.27. The van der Waals surface area contributed by atoms with Crippen molar-refractivity contribution in [3.63, 3.8) is 0 Å².